The molecule has 0 atom stereocenters. The van der Waals surface area contributed by atoms with Crippen LogP contribution in [0.25, 0.3) is 10.9 Å². The average Bonchev–Trinajstić information content (AvgIpc) is 2.68. The van der Waals surface area contributed by atoms with E-state index >= 15 is 0 Å². The average molecular weight is 442 g/mol. The molecule has 2 aromatic rings. The molecule has 9 heteroatoms. The fraction of sp³-hybridized carbons (Fsp3) is 0.600. The van der Waals surface area contributed by atoms with Crippen LogP contribution in [0.5, 0.6) is 5.75 Å². The van der Waals surface area contributed by atoms with E-state index in [1.165, 1.54) is 6.07 Å². The smallest absolute Gasteiger partial charge is 0.261 e. The number of fused-ring (bicyclic) bond motifs is 1. The van der Waals surface area contributed by atoms with Gasteiger partial charge in [-0.05, 0) is 12.8 Å². The zero-order valence-electron chi connectivity index (χ0n) is 16.2. The van der Waals surface area contributed by atoms with Gasteiger partial charge in [0.2, 0.25) is 0 Å². The maximum absolute atomic E-state index is 14.5. The van der Waals surface area contributed by atoms with Crippen LogP contribution in [0, 0.1) is 11.7 Å². The lowest BCUT2D eigenvalue weighted by atomic mass is 10.0. The van der Waals surface area contributed by atoms with Crippen molar-refractivity contribution in [2.75, 3.05) is 45.3 Å². The second-order valence-electron chi connectivity index (χ2n) is 7.56. The number of nitrogens with one attached hydrogen (secondary N) is 1. The molecule has 0 spiro atoms. The lowest BCUT2D eigenvalue weighted by Gasteiger charge is -2.38. The van der Waals surface area contributed by atoms with Gasteiger partial charge >= 0.3 is 0 Å². The molecular formula is C20H25ClFN3O3S. The number of ether oxygens (including phenoxy) is 2. The Morgan fingerprint density at radius 3 is 2.90 bits per heavy atom. The topological polar surface area (TPSA) is 67.5 Å². The first kappa shape index (κ1) is 20.9. The first-order chi connectivity index (χ1) is 14.1. The lowest BCUT2D eigenvalue weighted by Crippen LogP contribution is -2.49. The van der Waals surface area contributed by atoms with Gasteiger partial charge in [0.1, 0.15) is 22.8 Å². The van der Waals surface area contributed by atoms with E-state index in [0.29, 0.717) is 46.5 Å². The van der Waals surface area contributed by atoms with Crippen molar-refractivity contribution >= 4 is 34.3 Å². The van der Waals surface area contributed by atoms with Crippen LogP contribution in [0.15, 0.2) is 16.9 Å². The molecule has 3 heterocycles. The minimum Gasteiger partial charge on any atom is -0.493 e. The number of likely N-dealkylation sites (tertiary alicyclic amines) is 1. The standard InChI is InChI=1S/C20H25ClFN3O3S/c21-3-4-25-9-13(10-25)11-28-14-7-16(22)19-17(8-14)23-18(24-20(19)26)12-29-15-1-5-27-6-2-15/h7-8,13,15H,1-6,9-12H2,(H,23,24,26). The molecule has 0 aliphatic carbocycles. The first-order valence-electron chi connectivity index (χ1n) is 9.95. The number of alkyl halides is 1. The highest BCUT2D eigenvalue weighted by Crippen LogP contribution is 2.26. The number of rotatable bonds is 8. The fourth-order valence-corrected chi connectivity index (χ4v) is 5.03. The number of aromatic nitrogens is 2. The van der Waals surface area contributed by atoms with Crippen LogP contribution in [0.2, 0.25) is 0 Å². The molecular weight excluding hydrogens is 417 g/mol. The predicted octanol–water partition coefficient (Wildman–Crippen LogP) is 3.02. The van der Waals surface area contributed by atoms with Crippen molar-refractivity contribution in [3.8, 4) is 5.75 Å². The minimum atomic E-state index is -0.604. The maximum Gasteiger partial charge on any atom is 0.261 e. The Morgan fingerprint density at radius 2 is 2.14 bits per heavy atom. The summed E-state index contributed by atoms with van der Waals surface area (Å²) in [4.78, 5) is 21.8. The van der Waals surface area contributed by atoms with E-state index in [2.05, 4.69) is 14.9 Å². The molecule has 0 bridgehead atoms. The zero-order chi connectivity index (χ0) is 20.2. The largest absolute Gasteiger partial charge is 0.493 e. The Labute approximate surface area is 178 Å². The molecule has 0 radical (unpaired) electrons. The molecule has 1 aromatic heterocycles. The van der Waals surface area contributed by atoms with Crippen molar-refractivity contribution in [2.45, 2.75) is 23.8 Å². The van der Waals surface area contributed by atoms with Crippen molar-refractivity contribution in [1.29, 1.82) is 0 Å². The van der Waals surface area contributed by atoms with Gasteiger partial charge in [0.05, 0.1) is 17.9 Å². The van der Waals surface area contributed by atoms with Gasteiger partial charge in [-0.25, -0.2) is 9.37 Å². The molecule has 2 aliphatic rings. The van der Waals surface area contributed by atoms with Crippen LogP contribution in [0.3, 0.4) is 0 Å². The summed E-state index contributed by atoms with van der Waals surface area (Å²) in [5.74, 6) is 1.99. The summed E-state index contributed by atoms with van der Waals surface area (Å²) in [6, 6.07) is 2.93. The van der Waals surface area contributed by atoms with E-state index in [1.54, 1.807) is 17.8 Å². The summed E-state index contributed by atoms with van der Waals surface area (Å²) in [6.07, 6.45) is 2.00. The van der Waals surface area contributed by atoms with Crippen LogP contribution in [0.4, 0.5) is 4.39 Å². The second kappa shape index (κ2) is 9.64. The summed E-state index contributed by atoms with van der Waals surface area (Å²) in [7, 11) is 0. The van der Waals surface area contributed by atoms with E-state index in [0.717, 1.165) is 45.7 Å². The second-order valence-corrected chi connectivity index (χ2v) is 9.23. The number of hydrogen-bond acceptors (Lipinski definition) is 6. The van der Waals surface area contributed by atoms with Crippen LogP contribution in [-0.4, -0.2) is 65.5 Å². The van der Waals surface area contributed by atoms with Gasteiger partial charge in [-0.2, -0.15) is 11.8 Å². The monoisotopic (exact) mass is 441 g/mol. The molecule has 0 saturated carbocycles. The molecule has 4 rings (SSSR count). The minimum absolute atomic E-state index is 0.0194. The van der Waals surface area contributed by atoms with E-state index < -0.39 is 11.4 Å². The van der Waals surface area contributed by atoms with Crippen LogP contribution in [-0.2, 0) is 10.5 Å². The number of hydrogen-bond donors (Lipinski definition) is 1. The Morgan fingerprint density at radius 1 is 1.34 bits per heavy atom. The molecule has 2 aliphatic heterocycles. The van der Waals surface area contributed by atoms with Gasteiger partial charge in [-0.1, -0.05) is 0 Å². The Bertz CT molecular complexity index is 900. The quantitative estimate of drug-likeness (QED) is 0.635. The van der Waals surface area contributed by atoms with E-state index in [4.69, 9.17) is 21.1 Å². The summed E-state index contributed by atoms with van der Waals surface area (Å²) >= 11 is 7.49. The number of benzene rings is 1. The van der Waals surface area contributed by atoms with Crippen molar-refractivity contribution in [3.63, 3.8) is 0 Å². The van der Waals surface area contributed by atoms with Crippen LogP contribution in [0.1, 0.15) is 18.7 Å². The molecule has 0 amide bonds. The SMILES string of the molecule is O=c1[nH]c(CSC2CCOCC2)nc2cc(OCC3CN(CCCl)C3)cc(F)c12. The van der Waals surface area contributed by atoms with Gasteiger partial charge in [0.25, 0.3) is 5.56 Å². The molecule has 158 valence electrons. The Hall–Kier alpha value is -1.35. The highest BCUT2D eigenvalue weighted by molar-refractivity contribution is 7.99. The van der Waals surface area contributed by atoms with E-state index in [1.807, 2.05) is 0 Å². The maximum atomic E-state index is 14.5. The van der Waals surface area contributed by atoms with Crippen molar-refractivity contribution in [2.24, 2.45) is 5.92 Å². The van der Waals surface area contributed by atoms with Gasteiger partial charge < -0.3 is 19.4 Å². The summed E-state index contributed by atoms with van der Waals surface area (Å²) in [5.41, 5.74) is -0.110. The van der Waals surface area contributed by atoms with Crippen LogP contribution < -0.4 is 10.3 Å². The third kappa shape index (κ3) is 5.23. The molecule has 2 saturated heterocycles. The van der Waals surface area contributed by atoms with E-state index in [-0.39, 0.29) is 5.39 Å². The highest BCUT2D eigenvalue weighted by Gasteiger charge is 2.26. The fourth-order valence-electron chi connectivity index (χ4n) is 3.74. The normalized spacial score (nSPS) is 18.8. The Kier molecular flexibility index (Phi) is 6.95. The number of nitrogens with zero attached hydrogens (tertiary/aromatic N) is 2. The zero-order valence-corrected chi connectivity index (χ0v) is 17.7. The lowest BCUT2D eigenvalue weighted by molar-refractivity contribution is 0.0678. The third-order valence-corrected chi connectivity index (χ3v) is 6.88. The van der Waals surface area contributed by atoms with Crippen molar-refractivity contribution < 1.29 is 13.9 Å². The molecule has 29 heavy (non-hydrogen) atoms. The van der Waals surface area contributed by atoms with Gasteiger partial charge in [-0.3, -0.25) is 4.79 Å². The van der Waals surface area contributed by atoms with Gasteiger partial charge in [0, 0.05) is 62.0 Å². The summed E-state index contributed by atoms with van der Waals surface area (Å²) in [6.45, 7) is 4.82. The van der Waals surface area contributed by atoms with Gasteiger partial charge in [-0.15, -0.1) is 11.6 Å². The Balaban J connectivity index is 1.42. The third-order valence-electron chi connectivity index (χ3n) is 5.33. The number of halogens is 2. The first-order valence-corrected chi connectivity index (χ1v) is 11.5. The predicted molar refractivity (Wildman–Crippen MR) is 114 cm³/mol. The number of aromatic amines is 1. The van der Waals surface area contributed by atoms with Crippen LogP contribution >= 0.6 is 23.4 Å². The highest BCUT2D eigenvalue weighted by atomic mass is 35.5. The molecule has 1 aromatic carbocycles. The summed E-state index contributed by atoms with van der Waals surface area (Å²) in [5, 5.41) is 0.478. The molecule has 0 unspecified atom stereocenters. The number of thioether (sulfide) groups is 1. The van der Waals surface area contributed by atoms with Crippen molar-refractivity contribution in [1.82, 2.24) is 14.9 Å². The van der Waals surface area contributed by atoms with E-state index in [9.17, 15) is 9.18 Å². The summed E-state index contributed by atoms with van der Waals surface area (Å²) < 4.78 is 25.7. The number of H-pyrrole nitrogens is 1. The van der Waals surface area contributed by atoms with Crippen molar-refractivity contribution in [3.05, 3.63) is 34.1 Å². The molecule has 2 fully saturated rings. The van der Waals surface area contributed by atoms with Gasteiger partial charge in [0.15, 0.2) is 0 Å². The molecule has 1 N–H and O–H groups in total. The molecule has 6 nitrogen and oxygen atoms in total.